The van der Waals surface area contributed by atoms with E-state index in [0.29, 0.717) is 29.1 Å². The first kappa shape index (κ1) is 26.2. The van der Waals surface area contributed by atoms with Gasteiger partial charge in [0.15, 0.2) is 0 Å². The van der Waals surface area contributed by atoms with Crippen molar-refractivity contribution >= 4 is 34.9 Å². The fourth-order valence-corrected chi connectivity index (χ4v) is 5.87. The molecule has 2 aliphatic heterocycles. The van der Waals surface area contributed by atoms with Gasteiger partial charge in [-0.3, -0.25) is 14.7 Å². The number of nitrogens with one attached hydrogen (secondary N) is 1. The SMILES string of the molecule is Cc1ccnc(C)c1C(=O)N1CC2CN(CCCN(C(=O)Nc3ccc(Cl)cc3)c3ccccc3)CC2C1. The van der Waals surface area contributed by atoms with Crippen LogP contribution in [0.25, 0.3) is 0 Å². The van der Waals surface area contributed by atoms with E-state index in [1.54, 1.807) is 35.4 Å². The van der Waals surface area contributed by atoms with Crippen LogP contribution in [0.3, 0.4) is 0 Å². The summed E-state index contributed by atoms with van der Waals surface area (Å²) in [5.41, 5.74) is 4.12. The van der Waals surface area contributed by atoms with Crippen molar-refractivity contribution in [3.63, 3.8) is 0 Å². The summed E-state index contributed by atoms with van der Waals surface area (Å²) in [4.78, 5) is 37.0. The fraction of sp³-hybridized carbons (Fsp3) is 0.367. The van der Waals surface area contributed by atoms with Gasteiger partial charge in [-0.2, -0.15) is 0 Å². The molecule has 5 rings (SSSR count). The maximum atomic E-state index is 13.2. The summed E-state index contributed by atoms with van der Waals surface area (Å²) in [5, 5.41) is 3.62. The van der Waals surface area contributed by atoms with Gasteiger partial charge in [-0.25, -0.2) is 4.79 Å². The number of aryl methyl sites for hydroxylation is 2. The topological polar surface area (TPSA) is 68.8 Å². The molecule has 1 N–H and O–H groups in total. The standard InChI is InChI=1S/C30H34ClN5O2/c1-21-13-14-32-22(2)28(21)29(37)35-19-23-17-34(18-24(23)20-35)15-6-16-36(27-7-4-3-5-8-27)30(38)33-26-11-9-25(31)10-12-26/h3-5,7-14,23-24H,6,15-20H2,1-2H3,(H,33,38). The van der Waals surface area contributed by atoms with Crippen LogP contribution < -0.4 is 10.2 Å². The largest absolute Gasteiger partial charge is 0.338 e. The Labute approximate surface area is 229 Å². The zero-order valence-corrected chi connectivity index (χ0v) is 22.7. The highest BCUT2D eigenvalue weighted by Crippen LogP contribution is 2.32. The van der Waals surface area contributed by atoms with Crippen molar-refractivity contribution in [2.24, 2.45) is 11.8 Å². The Morgan fingerprint density at radius 1 is 0.974 bits per heavy atom. The van der Waals surface area contributed by atoms with Crippen LogP contribution in [0.4, 0.5) is 16.2 Å². The number of para-hydroxylation sites is 1. The van der Waals surface area contributed by atoms with Crippen LogP contribution in [0.1, 0.15) is 28.0 Å². The molecule has 0 radical (unpaired) electrons. The number of hydrogen-bond donors (Lipinski definition) is 1. The van der Waals surface area contributed by atoms with Gasteiger partial charge in [-0.05, 0) is 86.7 Å². The Morgan fingerprint density at radius 2 is 1.66 bits per heavy atom. The molecular weight excluding hydrogens is 498 g/mol. The number of urea groups is 1. The molecule has 2 aliphatic rings. The van der Waals surface area contributed by atoms with E-state index in [1.165, 1.54) is 0 Å². The molecule has 2 fully saturated rings. The average Bonchev–Trinajstić information content (AvgIpc) is 3.47. The molecule has 3 amide bonds. The van der Waals surface area contributed by atoms with Gasteiger partial charge in [-0.1, -0.05) is 29.8 Å². The van der Waals surface area contributed by atoms with Gasteiger partial charge < -0.3 is 15.1 Å². The first-order chi connectivity index (χ1) is 18.4. The third kappa shape index (κ3) is 5.84. The molecule has 3 aromatic rings. The van der Waals surface area contributed by atoms with Crippen LogP contribution in [-0.4, -0.2) is 66.0 Å². The zero-order chi connectivity index (χ0) is 26.6. The molecule has 198 valence electrons. The quantitative estimate of drug-likeness (QED) is 0.438. The summed E-state index contributed by atoms with van der Waals surface area (Å²) < 4.78 is 0. The number of benzene rings is 2. The van der Waals surface area contributed by atoms with E-state index in [-0.39, 0.29) is 11.9 Å². The molecule has 0 bridgehead atoms. The maximum Gasteiger partial charge on any atom is 0.326 e. The van der Waals surface area contributed by atoms with E-state index in [0.717, 1.165) is 61.7 Å². The second kappa shape index (κ2) is 11.5. The number of nitrogens with zero attached hydrogens (tertiary/aromatic N) is 4. The minimum absolute atomic E-state index is 0.110. The van der Waals surface area contributed by atoms with Crippen molar-refractivity contribution in [2.75, 3.05) is 49.5 Å². The van der Waals surface area contributed by atoms with E-state index < -0.39 is 0 Å². The minimum Gasteiger partial charge on any atom is -0.338 e. The predicted molar refractivity (Wildman–Crippen MR) is 152 cm³/mol. The zero-order valence-electron chi connectivity index (χ0n) is 21.9. The maximum absolute atomic E-state index is 13.2. The first-order valence-electron chi connectivity index (χ1n) is 13.2. The minimum atomic E-state index is -0.160. The highest BCUT2D eigenvalue weighted by atomic mass is 35.5. The number of amides is 3. The van der Waals surface area contributed by atoms with Crippen molar-refractivity contribution in [1.29, 1.82) is 0 Å². The van der Waals surface area contributed by atoms with Crippen LogP contribution in [0, 0.1) is 25.7 Å². The fourth-order valence-electron chi connectivity index (χ4n) is 5.75. The molecule has 1 aromatic heterocycles. The van der Waals surface area contributed by atoms with Crippen molar-refractivity contribution in [1.82, 2.24) is 14.8 Å². The van der Waals surface area contributed by atoms with E-state index in [4.69, 9.17) is 11.6 Å². The van der Waals surface area contributed by atoms with Crippen molar-refractivity contribution < 1.29 is 9.59 Å². The highest BCUT2D eigenvalue weighted by molar-refractivity contribution is 6.30. The number of fused-ring (bicyclic) bond motifs is 1. The monoisotopic (exact) mass is 531 g/mol. The lowest BCUT2D eigenvalue weighted by Gasteiger charge is -2.26. The van der Waals surface area contributed by atoms with E-state index in [1.807, 2.05) is 55.1 Å². The lowest BCUT2D eigenvalue weighted by atomic mass is 10.0. The lowest BCUT2D eigenvalue weighted by Crippen LogP contribution is -2.38. The molecular formula is C30H34ClN5O2. The summed E-state index contributed by atoms with van der Waals surface area (Å²) in [6.07, 6.45) is 2.62. The molecule has 0 aliphatic carbocycles. The number of halogens is 1. The van der Waals surface area contributed by atoms with Crippen molar-refractivity contribution in [3.8, 4) is 0 Å². The summed E-state index contributed by atoms with van der Waals surface area (Å²) in [7, 11) is 0. The summed E-state index contributed by atoms with van der Waals surface area (Å²) in [6, 6.07) is 18.6. The number of hydrogen-bond acceptors (Lipinski definition) is 4. The second-order valence-corrected chi connectivity index (χ2v) is 10.8. The molecule has 38 heavy (non-hydrogen) atoms. The molecule has 7 nitrogen and oxygen atoms in total. The van der Waals surface area contributed by atoms with Gasteiger partial charge in [0, 0.05) is 55.3 Å². The molecule has 3 heterocycles. The van der Waals surface area contributed by atoms with Crippen LogP contribution in [0.2, 0.25) is 5.02 Å². The Balaban J connectivity index is 1.15. The summed E-state index contributed by atoms with van der Waals surface area (Å²) in [6.45, 7) is 8.99. The third-order valence-electron chi connectivity index (χ3n) is 7.68. The van der Waals surface area contributed by atoms with Crippen LogP contribution in [0.15, 0.2) is 66.9 Å². The van der Waals surface area contributed by atoms with Gasteiger partial charge in [-0.15, -0.1) is 0 Å². The lowest BCUT2D eigenvalue weighted by molar-refractivity contribution is 0.0772. The number of pyridine rings is 1. The number of carbonyl (C=O) groups excluding carboxylic acids is 2. The molecule has 0 spiro atoms. The Morgan fingerprint density at radius 3 is 2.32 bits per heavy atom. The van der Waals surface area contributed by atoms with Crippen molar-refractivity contribution in [3.05, 3.63) is 88.7 Å². The van der Waals surface area contributed by atoms with Crippen molar-refractivity contribution in [2.45, 2.75) is 20.3 Å². The van der Waals surface area contributed by atoms with E-state index in [9.17, 15) is 9.59 Å². The van der Waals surface area contributed by atoms with Gasteiger partial charge >= 0.3 is 6.03 Å². The second-order valence-electron chi connectivity index (χ2n) is 10.4. The Hall–Kier alpha value is -3.42. The normalized spacial score (nSPS) is 18.9. The molecule has 2 unspecified atom stereocenters. The molecule has 8 heteroatoms. The number of rotatable bonds is 7. The number of likely N-dealkylation sites (tertiary alicyclic amines) is 2. The molecule has 2 saturated heterocycles. The van der Waals surface area contributed by atoms with Gasteiger partial charge in [0.25, 0.3) is 5.91 Å². The molecule has 0 saturated carbocycles. The van der Waals surface area contributed by atoms with Gasteiger partial charge in [0.05, 0.1) is 11.3 Å². The average molecular weight is 532 g/mol. The van der Waals surface area contributed by atoms with Gasteiger partial charge in [0.2, 0.25) is 0 Å². The van der Waals surface area contributed by atoms with E-state index in [2.05, 4.69) is 15.2 Å². The highest BCUT2D eigenvalue weighted by Gasteiger charge is 2.41. The summed E-state index contributed by atoms with van der Waals surface area (Å²) in [5.74, 6) is 1.10. The molecule has 2 atom stereocenters. The predicted octanol–water partition coefficient (Wildman–Crippen LogP) is 5.48. The van der Waals surface area contributed by atoms with Crippen LogP contribution >= 0.6 is 11.6 Å². The smallest absolute Gasteiger partial charge is 0.326 e. The van der Waals surface area contributed by atoms with Crippen LogP contribution in [0.5, 0.6) is 0 Å². The molecule has 2 aromatic carbocycles. The Kier molecular flexibility index (Phi) is 7.95. The first-order valence-corrected chi connectivity index (χ1v) is 13.6. The number of carbonyl (C=O) groups is 2. The summed E-state index contributed by atoms with van der Waals surface area (Å²) >= 11 is 5.99. The van der Waals surface area contributed by atoms with Crippen LogP contribution in [-0.2, 0) is 0 Å². The van der Waals surface area contributed by atoms with Gasteiger partial charge in [0.1, 0.15) is 0 Å². The number of anilines is 2. The third-order valence-corrected chi connectivity index (χ3v) is 7.93. The Bertz CT molecular complexity index is 1250. The number of aromatic nitrogens is 1. The van der Waals surface area contributed by atoms with E-state index >= 15 is 0 Å².